The average Bonchev–Trinajstić information content (AvgIpc) is 2.84. The van der Waals surface area contributed by atoms with Gasteiger partial charge in [-0.25, -0.2) is 9.78 Å². The lowest BCUT2D eigenvalue weighted by atomic mass is 10.1. The smallest absolute Gasteiger partial charge is 0.340 e. The number of aromatic amines is 1. The lowest BCUT2D eigenvalue weighted by Gasteiger charge is -2.06. The second kappa shape index (κ2) is 7.94. The highest BCUT2D eigenvalue weighted by atomic mass is 35.5. The number of halogens is 1. The maximum atomic E-state index is 12.4. The first kappa shape index (κ1) is 18.0. The summed E-state index contributed by atoms with van der Waals surface area (Å²) in [5.74, 6) is -0.874. The van der Waals surface area contributed by atoms with Gasteiger partial charge in [0.2, 0.25) is 0 Å². The molecule has 2 aromatic heterocycles. The molecule has 1 amide bonds. The Hall–Kier alpha value is -2.38. The molecule has 2 heterocycles. The van der Waals surface area contributed by atoms with Gasteiger partial charge in [-0.15, -0.1) is 0 Å². The molecule has 0 aliphatic rings. The summed E-state index contributed by atoms with van der Waals surface area (Å²) >= 11 is 5.71. The van der Waals surface area contributed by atoms with Gasteiger partial charge in [-0.2, -0.15) is 0 Å². The van der Waals surface area contributed by atoms with Crippen LogP contribution in [0.5, 0.6) is 0 Å². The summed E-state index contributed by atoms with van der Waals surface area (Å²) in [7, 11) is 1.52. The molecule has 0 saturated heterocycles. The molecule has 2 N–H and O–H groups in total. The molecule has 128 valence electrons. The quantitative estimate of drug-likeness (QED) is 0.474. The van der Waals surface area contributed by atoms with Gasteiger partial charge in [-0.1, -0.05) is 11.6 Å². The second-order valence-electron chi connectivity index (χ2n) is 5.08. The van der Waals surface area contributed by atoms with Crippen molar-refractivity contribution in [3.8, 4) is 0 Å². The van der Waals surface area contributed by atoms with E-state index in [1.807, 2.05) is 0 Å². The summed E-state index contributed by atoms with van der Waals surface area (Å²) in [5.41, 5.74) is 2.23. The number of anilines is 1. The van der Waals surface area contributed by atoms with Crippen molar-refractivity contribution in [1.29, 1.82) is 0 Å². The number of aryl methyl sites for hydroxylation is 1. The fourth-order valence-electron chi connectivity index (χ4n) is 2.22. The van der Waals surface area contributed by atoms with Crippen molar-refractivity contribution < 1.29 is 19.1 Å². The largest absolute Gasteiger partial charge is 0.460 e. The fraction of sp³-hybridized carbons (Fsp3) is 0.312. The van der Waals surface area contributed by atoms with Crippen LogP contribution in [0.3, 0.4) is 0 Å². The lowest BCUT2D eigenvalue weighted by molar-refractivity contribution is 0.0387. The first-order chi connectivity index (χ1) is 11.4. The number of pyridine rings is 1. The maximum absolute atomic E-state index is 12.4. The minimum absolute atomic E-state index is 0.150. The molecule has 0 unspecified atom stereocenters. The molecule has 0 fully saturated rings. The van der Waals surface area contributed by atoms with Crippen molar-refractivity contribution >= 4 is 29.2 Å². The summed E-state index contributed by atoms with van der Waals surface area (Å²) in [5, 5.41) is 3.03. The molecule has 0 bridgehead atoms. The number of rotatable bonds is 6. The molecule has 2 rings (SSSR count). The van der Waals surface area contributed by atoms with E-state index in [1.165, 1.54) is 13.3 Å². The van der Waals surface area contributed by atoms with Gasteiger partial charge in [0, 0.05) is 12.8 Å². The van der Waals surface area contributed by atoms with Crippen LogP contribution in [0.2, 0.25) is 5.15 Å². The zero-order valence-electron chi connectivity index (χ0n) is 13.6. The van der Waals surface area contributed by atoms with Crippen molar-refractivity contribution in [2.75, 3.05) is 25.6 Å². The number of esters is 1. The normalized spacial score (nSPS) is 10.5. The first-order valence-electron chi connectivity index (χ1n) is 7.22. The van der Waals surface area contributed by atoms with E-state index in [4.69, 9.17) is 21.1 Å². The Morgan fingerprint density at radius 3 is 2.67 bits per heavy atom. The van der Waals surface area contributed by atoms with Crippen LogP contribution >= 0.6 is 11.6 Å². The van der Waals surface area contributed by atoms with Crippen LogP contribution in [0.15, 0.2) is 18.3 Å². The van der Waals surface area contributed by atoms with Gasteiger partial charge in [0.15, 0.2) is 0 Å². The van der Waals surface area contributed by atoms with Crippen LogP contribution in [0.25, 0.3) is 0 Å². The Bertz CT molecular complexity index is 741. The van der Waals surface area contributed by atoms with E-state index in [2.05, 4.69) is 15.3 Å². The number of hydrogen-bond donors (Lipinski definition) is 2. The molecule has 0 radical (unpaired) electrons. The number of H-pyrrole nitrogens is 1. The summed E-state index contributed by atoms with van der Waals surface area (Å²) < 4.78 is 9.96. The molecule has 0 aliphatic carbocycles. The topological polar surface area (TPSA) is 93.3 Å². The predicted octanol–water partition coefficient (Wildman–Crippen LogP) is 2.74. The molecular weight excluding hydrogens is 334 g/mol. The monoisotopic (exact) mass is 351 g/mol. The molecule has 0 aromatic carbocycles. The molecule has 0 saturated carbocycles. The number of hydrogen-bond acceptors (Lipinski definition) is 5. The number of nitrogens with zero attached hydrogens (tertiary/aromatic N) is 1. The van der Waals surface area contributed by atoms with E-state index >= 15 is 0 Å². The summed E-state index contributed by atoms with van der Waals surface area (Å²) in [6.07, 6.45) is 1.45. The standard InChI is InChI=1S/C16H18ClN3O4/c1-9-13(16(22)24-7-6-23-3)10(2)19-14(9)15(21)20-11-4-5-12(17)18-8-11/h4-5,8,19H,6-7H2,1-3H3,(H,20,21). The maximum Gasteiger partial charge on any atom is 0.340 e. The number of nitrogens with one attached hydrogen (secondary N) is 2. The summed E-state index contributed by atoms with van der Waals surface area (Å²) in [6, 6.07) is 3.21. The molecule has 24 heavy (non-hydrogen) atoms. The van der Waals surface area contributed by atoms with Gasteiger partial charge in [0.1, 0.15) is 17.5 Å². The van der Waals surface area contributed by atoms with Gasteiger partial charge >= 0.3 is 5.97 Å². The van der Waals surface area contributed by atoms with Gasteiger partial charge in [-0.05, 0) is 31.5 Å². The van der Waals surface area contributed by atoms with Crippen LogP contribution in [0, 0.1) is 13.8 Å². The Labute approximate surface area is 144 Å². The zero-order valence-corrected chi connectivity index (χ0v) is 14.4. The van der Waals surface area contributed by atoms with Crippen LogP contribution in [0.1, 0.15) is 32.1 Å². The third-order valence-corrected chi connectivity index (χ3v) is 3.60. The highest BCUT2D eigenvalue weighted by molar-refractivity contribution is 6.29. The predicted molar refractivity (Wildman–Crippen MR) is 89.6 cm³/mol. The Balaban J connectivity index is 2.16. The molecule has 0 spiro atoms. The summed E-state index contributed by atoms with van der Waals surface area (Å²) in [4.78, 5) is 31.4. The zero-order chi connectivity index (χ0) is 17.7. The SMILES string of the molecule is COCCOC(=O)c1c(C)[nH]c(C(=O)Nc2ccc(Cl)nc2)c1C. The number of methoxy groups -OCH3 is 1. The number of ether oxygens (including phenoxy) is 2. The molecular formula is C16H18ClN3O4. The number of amides is 1. The Kier molecular flexibility index (Phi) is 5.94. The van der Waals surface area contributed by atoms with Crippen LogP contribution in [-0.2, 0) is 9.47 Å². The van der Waals surface area contributed by atoms with Crippen LogP contribution < -0.4 is 5.32 Å². The molecule has 0 atom stereocenters. The van der Waals surface area contributed by atoms with E-state index < -0.39 is 5.97 Å². The minimum Gasteiger partial charge on any atom is -0.460 e. The van der Waals surface area contributed by atoms with Gasteiger partial charge in [-0.3, -0.25) is 4.79 Å². The van der Waals surface area contributed by atoms with Gasteiger partial charge in [0.05, 0.1) is 24.1 Å². The number of aromatic nitrogens is 2. The van der Waals surface area contributed by atoms with Gasteiger partial charge < -0.3 is 19.8 Å². The summed E-state index contributed by atoms with van der Waals surface area (Å²) in [6.45, 7) is 3.86. The minimum atomic E-state index is -0.495. The van der Waals surface area contributed by atoms with E-state index in [-0.39, 0.29) is 12.5 Å². The van der Waals surface area contributed by atoms with E-state index in [0.29, 0.717) is 40.0 Å². The number of carbonyl (C=O) groups excluding carboxylic acids is 2. The van der Waals surface area contributed by atoms with Crippen molar-refractivity contribution in [2.45, 2.75) is 13.8 Å². The van der Waals surface area contributed by atoms with Crippen LogP contribution in [-0.4, -0.2) is 42.2 Å². The third-order valence-electron chi connectivity index (χ3n) is 3.37. The van der Waals surface area contributed by atoms with E-state index in [1.54, 1.807) is 26.0 Å². The van der Waals surface area contributed by atoms with Crippen molar-refractivity contribution in [3.63, 3.8) is 0 Å². The van der Waals surface area contributed by atoms with E-state index in [9.17, 15) is 9.59 Å². The Morgan fingerprint density at radius 1 is 1.29 bits per heavy atom. The second-order valence-corrected chi connectivity index (χ2v) is 5.46. The molecule has 2 aromatic rings. The number of carbonyl (C=O) groups is 2. The fourth-order valence-corrected chi connectivity index (χ4v) is 2.33. The first-order valence-corrected chi connectivity index (χ1v) is 7.60. The highest BCUT2D eigenvalue weighted by Crippen LogP contribution is 2.20. The molecule has 0 aliphatic heterocycles. The third kappa shape index (κ3) is 4.12. The van der Waals surface area contributed by atoms with Crippen molar-refractivity contribution in [3.05, 3.63) is 46.0 Å². The molecule has 8 heteroatoms. The van der Waals surface area contributed by atoms with Crippen molar-refractivity contribution in [2.24, 2.45) is 0 Å². The average molecular weight is 352 g/mol. The Morgan fingerprint density at radius 2 is 2.04 bits per heavy atom. The molecule has 7 nitrogen and oxygen atoms in total. The highest BCUT2D eigenvalue weighted by Gasteiger charge is 2.23. The van der Waals surface area contributed by atoms with E-state index in [0.717, 1.165) is 0 Å². The lowest BCUT2D eigenvalue weighted by Crippen LogP contribution is -2.15. The van der Waals surface area contributed by atoms with Crippen LogP contribution in [0.4, 0.5) is 5.69 Å². The van der Waals surface area contributed by atoms with Gasteiger partial charge in [0.25, 0.3) is 5.91 Å². The van der Waals surface area contributed by atoms with Crippen molar-refractivity contribution in [1.82, 2.24) is 9.97 Å².